The SMILES string of the molecule is COc1ccc(C2=C(O)C(=O)N(c3ccc(OC)cc3)[C@H]2c2ccc(C(C)C)cc2)cc1. The molecular formula is C27H27NO4. The van der Waals surface area contributed by atoms with Crippen LogP contribution in [0.5, 0.6) is 11.5 Å². The van der Waals surface area contributed by atoms with Gasteiger partial charge in [-0.3, -0.25) is 9.69 Å². The first-order chi connectivity index (χ1) is 15.4. The Labute approximate surface area is 188 Å². The molecule has 0 aromatic heterocycles. The van der Waals surface area contributed by atoms with Gasteiger partial charge in [0.2, 0.25) is 0 Å². The van der Waals surface area contributed by atoms with Crippen molar-refractivity contribution in [3.05, 3.63) is 95.2 Å². The molecule has 1 aliphatic heterocycles. The summed E-state index contributed by atoms with van der Waals surface area (Å²) in [7, 11) is 3.21. The van der Waals surface area contributed by atoms with Crippen LogP contribution in [0.15, 0.2) is 78.6 Å². The number of amides is 1. The summed E-state index contributed by atoms with van der Waals surface area (Å²) < 4.78 is 10.5. The highest BCUT2D eigenvalue weighted by Gasteiger charge is 2.42. The molecule has 3 aromatic rings. The number of rotatable bonds is 6. The molecule has 1 heterocycles. The number of ether oxygens (including phenoxy) is 2. The summed E-state index contributed by atoms with van der Waals surface area (Å²) >= 11 is 0. The van der Waals surface area contributed by atoms with E-state index in [-0.39, 0.29) is 5.76 Å². The number of methoxy groups -OCH3 is 2. The van der Waals surface area contributed by atoms with E-state index in [4.69, 9.17) is 9.47 Å². The number of carbonyl (C=O) groups excluding carboxylic acids is 1. The number of carbonyl (C=O) groups is 1. The highest BCUT2D eigenvalue weighted by molar-refractivity contribution is 6.16. The molecule has 0 fully saturated rings. The van der Waals surface area contributed by atoms with Crippen molar-refractivity contribution in [1.29, 1.82) is 0 Å². The van der Waals surface area contributed by atoms with E-state index in [2.05, 4.69) is 26.0 Å². The van der Waals surface area contributed by atoms with Gasteiger partial charge in [0.1, 0.15) is 11.5 Å². The van der Waals surface area contributed by atoms with Crippen LogP contribution in [0.3, 0.4) is 0 Å². The van der Waals surface area contributed by atoms with E-state index in [1.165, 1.54) is 5.56 Å². The van der Waals surface area contributed by atoms with Gasteiger partial charge in [-0.1, -0.05) is 50.2 Å². The molecule has 4 rings (SSSR count). The largest absolute Gasteiger partial charge is 0.503 e. The first-order valence-corrected chi connectivity index (χ1v) is 10.6. The lowest BCUT2D eigenvalue weighted by atomic mass is 9.91. The molecule has 164 valence electrons. The predicted octanol–water partition coefficient (Wildman–Crippen LogP) is 5.88. The van der Waals surface area contributed by atoms with E-state index < -0.39 is 11.9 Å². The van der Waals surface area contributed by atoms with E-state index in [0.29, 0.717) is 28.7 Å². The Morgan fingerprint density at radius 3 is 1.84 bits per heavy atom. The van der Waals surface area contributed by atoms with Gasteiger partial charge in [0, 0.05) is 11.3 Å². The highest BCUT2D eigenvalue weighted by Crippen LogP contribution is 2.45. The summed E-state index contributed by atoms with van der Waals surface area (Å²) in [6, 6.07) is 22.4. The van der Waals surface area contributed by atoms with E-state index in [1.54, 1.807) is 19.1 Å². The minimum absolute atomic E-state index is 0.246. The zero-order chi connectivity index (χ0) is 22.8. The fraction of sp³-hybridized carbons (Fsp3) is 0.222. The Balaban J connectivity index is 1.85. The highest BCUT2D eigenvalue weighted by atomic mass is 16.5. The van der Waals surface area contributed by atoms with E-state index >= 15 is 0 Å². The van der Waals surface area contributed by atoms with Gasteiger partial charge in [0.25, 0.3) is 5.91 Å². The quantitative estimate of drug-likeness (QED) is 0.531. The van der Waals surface area contributed by atoms with Crippen LogP contribution in [0.4, 0.5) is 5.69 Å². The smallest absolute Gasteiger partial charge is 0.294 e. The molecule has 0 radical (unpaired) electrons. The van der Waals surface area contributed by atoms with Crippen molar-refractivity contribution >= 4 is 17.2 Å². The average molecular weight is 430 g/mol. The number of anilines is 1. The van der Waals surface area contributed by atoms with Gasteiger partial charge in [-0.2, -0.15) is 0 Å². The lowest BCUT2D eigenvalue weighted by Crippen LogP contribution is -2.30. The van der Waals surface area contributed by atoms with Crippen LogP contribution in [0, 0.1) is 0 Å². The number of hydrogen-bond acceptors (Lipinski definition) is 4. The molecule has 1 N–H and O–H groups in total. The third kappa shape index (κ3) is 3.82. The summed E-state index contributed by atoms with van der Waals surface area (Å²) in [5.74, 6) is 1.13. The van der Waals surface area contributed by atoms with E-state index in [0.717, 1.165) is 11.1 Å². The molecule has 32 heavy (non-hydrogen) atoms. The summed E-state index contributed by atoms with van der Waals surface area (Å²) in [4.78, 5) is 14.9. The Bertz CT molecular complexity index is 1130. The van der Waals surface area contributed by atoms with Crippen LogP contribution in [-0.2, 0) is 4.79 Å². The van der Waals surface area contributed by atoms with Crippen molar-refractivity contribution in [3.63, 3.8) is 0 Å². The molecule has 0 saturated heterocycles. The fourth-order valence-corrected chi connectivity index (χ4v) is 4.06. The predicted molar refractivity (Wildman–Crippen MR) is 126 cm³/mol. The number of aliphatic hydroxyl groups is 1. The van der Waals surface area contributed by atoms with Crippen LogP contribution in [0.25, 0.3) is 5.57 Å². The Kier molecular flexibility index (Phi) is 5.91. The van der Waals surface area contributed by atoms with Crippen LogP contribution in [0.1, 0.15) is 42.5 Å². The Hall–Kier alpha value is -3.73. The summed E-state index contributed by atoms with van der Waals surface area (Å²) in [6.07, 6.45) is 0. The summed E-state index contributed by atoms with van der Waals surface area (Å²) in [5, 5.41) is 11.0. The number of hydrogen-bond donors (Lipinski definition) is 1. The molecule has 0 unspecified atom stereocenters. The second-order valence-electron chi connectivity index (χ2n) is 8.09. The third-order valence-corrected chi connectivity index (χ3v) is 5.88. The maximum Gasteiger partial charge on any atom is 0.294 e. The molecular weight excluding hydrogens is 402 g/mol. The second-order valence-corrected chi connectivity index (χ2v) is 8.09. The molecule has 0 saturated carbocycles. The fourth-order valence-electron chi connectivity index (χ4n) is 4.06. The first kappa shape index (κ1) is 21.5. The topological polar surface area (TPSA) is 59.0 Å². The van der Waals surface area contributed by atoms with Crippen molar-refractivity contribution in [3.8, 4) is 11.5 Å². The van der Waals surface area contributed by atoms with Gasteiger partial charge in [-0.25, -0.2) is 0 Å². The van der Waals surface area contributed by atoms with Gasteiger partial charge in [0.15, 0.2) is 5.76 Å². The number of benzene rings is 3. The lowest BCUT2D eigenvalue weighted by Gasteiger charge is -2.28. The summed E-state index contributed by atoms with van der Waals surface area (Å²) in [5.41, 5.74) is 4.17. The van der Waals surface area contributed by atoms with E-state index in [9.17, 15) is 9.90 Å². The zero-order valence-electron chi connectivity index (χ0n) is 18.7. The van der Waals surface area contributed by atoms with Crippen LogP contribution in [0.2, 0.25) is 0 Å². The van der Waals surface area contributed by atoms with Crippen LogP contribution >= 0.6 is 0 Å². The van der Waals surface area contributed by atoms with Crippen molar-refractivity contribution in [2.24, 2.45) is 0 Å². The van der Waals surface area contributed by atoms with Crippen molar-refractivity contribution in [2.75, 3.05) is 19.1 Å². The van der Waals surface area contributed by atoms with Gasteiger partial charge in [-0.05, 0) is 59.0 Å². The maximum atomic E-state index is 13.3. The van der Waals surface area contributed by atoms with Crippen LogP contribution < -0.4 is 14.4 Å². The molecule has 5 nitrogen and oxygen atoms in total. The molecule has 0 bridgehead atoms. The van der Waals surface area contributed by atoms with Crippen molar-refractivity contribution in [2.45, 2.75) is 25.8 Å². The molecule has 1 aliphatic rings. The first-order valence-electron chi connectivity index (χ1n) is 10.6. The monoisotopic (exact) mass is 429 g/mol. The molecule has 3 aromatic carbocycles. The standard InChI is InChI=1S/C27H27NO4/c1-17(2)18-5-7-20(8-6-18)25-24(19-9-13-22(31-3)14-10-19)26(29)27(30)28(25)21-11-15-23(32-4)16-12-21/h5-17,25,29H,1-4H3/t25-/m0/s1. The molecule has 0 spiro atoms. The number of aliphatic hydroxyl groups excluding tert-OH is 1. The third-order valence-electron chi connectivity index (χ3n) is 5.88. The number of nitrogens with zero attached hydrogens (tertiary/aromatic N) is 1. The lowest BCUT2D eigenvalue weighted by molar-refractivity contribution is -0.117. The molecule has 1 atom stereocenters. The van der Waals surface area contributed by atoms with Gasteiger partial charge in [-0.15, -0.1) is 0 Å². The normalized spacial score (nSPS) is 16.1. The zero-order valence-corrected chi connectivity index (χ0v) is 18.7. The maximum absolute atomic E-state index is 13.3. The van der Waals surface area contributed by atoms with Crippen LogP contribution in [-0.4, -0.2) is 25.2 Å². The van der Waals surface area contributed by atoms with Crippen molar-refractivity contribution < 1.29 is 19.4 Å². The Morgan fingerprint density at radius 2 is 1.34 bits per heavy atom. The molecule has 5 heteroatoms. The minimum atomic E-state index is -0.467. The van der Waals surface area contributed by atoms with Crippen molar-refractivity contribution in [1.82, 2.24) is 0 Å². The van der Waals surface area contributed by atoms with Gasteiger partial charge in [0.05, 0.1) is 20.3 Å². The summed E-state index contributed by atoms with van der Waals surface area (Å²) in [6.45, 7) is 4.29. The Morgan fingerprint density at radius 1 is 0.812 bits per heavy atom. The van der Waals surface area contributed by atoms with Gasteiger partial charge < -0.3 is 14.6 Å². The minimum Gasteiger partial charge on any atom is -0.503 e. The van der Waals surface area contributed by atoms with E-state index in [1.807, 2.05) is 60.7 Å². The van der Waals surface area contributed by atoms with Gasteiger partial charge >= 0.3 is 0 Å². The molecule has 1 amide bonds. The average Bonchev–Trinajstić information content (AvgIpc) is 3.09. The second kappa shape index (κ2) is 8.79. The molecule has 0 aliphatic carbocycles.